The van der Waals surface area contributed by atoms with Gasteiger partial charge in [0.2, 0.25) is 0 Å². The summed E-state index contributed by atoms with van der Waals surface area (Å²) in [5, 5.41) is 0.825. The predicted molar refractivity (Wildman–Crippen MR) is 90.5 cm³/mol. The van der Waals surface area contributed by atoms with E-state index < -0.39 is 0 Å². The molecule has 0 bridgehead atoms. The van der Waals surface area contributed by atoms with E-state index in [9.17, 15) is 0 Å². The van der Waals surface area contributed by atoms with Gasteiger partial charge in [0.1, 0.15) is 0 Å². The first-order chi connectivity index (χ1) is 10.1. The van der Waals surface area contributed by atoms with Crippen LogP contribution in [0.25, 0.3) is 0 Å². The maximum atomic E-state index is 6.30. The maximum absolute atomic E-state index is 6.30. The van der Waals surface area contributed by atoms with Gasteiger partial charge in [0.15, 0.2) is 0 Å². The number of benzene rings is 2. The fourth-order valence-electron chi connectivity index (χ4n) is 2.54. The minimum atomic E-state index is 0.228. The Labute approximate surface area is 132 Å². The second-order valence-electron chi connectivity index (χ2n) is 5.69. The molecule has 2 aromatic rings. The van der Waals surface area contributed by atoms with Gasteiger partial charge in [-0.3, -0.25) is 11.3 Å². The van der Waals surface area contributed by atoms with Crippen LogP contribution >= 0.6 is 11.6 Å². The summed E-state index contributed by atoms with van der Waals surface area (Å²) in [6.07, 6.45) is 2.85. The molecule has 3 N–H and O–H groups in total. The second-order valence-corrected chi connectivity index (χ2v) is 6.10. The van der Waals surface area contributed by atoms with Gasteiger partial charge in [0.25, 0.3) is 0 Å². The molecule has 0 aliphatic carbocycles. The average Bonchev–Trinajstić information content (AvgIpc) is 2.45. The molecule has 0 radical (unpaired) electrons. The number of halogens is 1. The smallest absolute Gasteiger partial charge is 0.0441 e. The van der Waals surface area contributed by atoms with Gasteiger partial charge in [0.05, 0.1) is 0 Å². The quantitative estimate of drug-likeness (QED) is 0.626. The molecule has 0 fully saturated rings. The molecule has 0 heterocycles. The molecule has 0 aliphatic rings. The fraction of sp³-hybridized carbons (Fsp3) is 0.333. The van der Waals surface area contributed by atoms with Crippen LogP contribution in [0.15, 0.2) is 42.5 Å². The summed E-state index contributed by atoms with van der Waals surface area (Å²) in [6, 6.07) is 15.0. The van der Waals surface area contributed by atoms with Crippen molar-refractivity contribution in [1.82, 2.24) is 5.43 Å². The SMILES string of the molecule is Cc1cccc(CCC(Cc2ccc(C)cc2Cl)NN)c1. The molecule has 0 aromatic heterocycles. The molecule has 2 nitrogen and oxygen atoms in total. The lowest BCUT2D eigenvalue weighted by molar-refractivity contribution is 0.491. The first kappa shape index (κ1) is 16.0. The third kappa shape index (κ3) is 4.85. The van der Waals surface area contributed by atoms with E-state index in [0.29, 0.717) is 0 Å². The summed E-state index contributed by atoms with van der Waals surface area (Å²) in [7, 11) is 0. The van der Waals surface area contributed by atoms with Crippen molar-refractivity contribution < 1.29 is 0 Å². The zero-order valence-electron chi connectivity index (χ0n) is 12.7. The Morgan fingerprint density at radius 3 is 2.52 bits per heavy atom. The average molecular weight is 303 g/mol. The van der Waals surface area contributed by atoms with Gasteiger partial charge < -0.3 is 0 Å². The van der Waals surface area contributed by atoms with Crippen LogP contribution in [0.3, 0.4) is 0 Å². The van der Waals surface area contributed by atoms with E-state index in [-0.39, 0.29) is 6.04 Å². The third-order valence-corrected chi connectivity index (χ3v) is 4.13. The number of hydrogen-bond donors (Lipinski definition) is 2. The molecular formula is C18H23ClN2. The Bertz CT molecular complexity index is 596. The summed E-state index contributed by atoms with van der Waals surface area (Å²) < 4.78 is 0. The Morgan fingerprint density at radius 1 is 1.10 bits per heavy atom. The van der Waals surface area contributed by atoms with Crippen LogP contribution in [-0.2, 0) is 12.8 Å². The Kier molecular flexibility index (Phi) is 5.80. The summed E-state index contributed by atoms with van der Waals surface area (Å²) >= 11 is 6.30. The van der Waals surface area contributed by atoms with Crippen LogP contribution in [-0.4, -0.2) is 6.04 Å². The summed E-state index contributed by atoms with van der Waals surface area (Å²) in [5.41, 5.74) is 7.90. The standard InChI is InChI=1S/C18H23ClN2/c1-13-4-3-5-15(10-13)7-9-17(21-20)12-16-8-6-14(2)11-18(16)19/h3-6,8,10-11,17,21H,7,9,12,20H2,1-2H3. The van der Waals surface area contributed by atoms with Crippen molar-refractivity contribution in [3.63, 3.8) is 0 Å². The molecule has 21 heavy (non-hydrogen) atoms. The molecular weight excluding hydrogens is 280 g/mol. The van der Waals surface area contributed by atoms with Gasteiger partial charge in [-0.2, -0.15) is 0 Å². The van der Waals surface area contributed by atoms with Crippen molar-refractivity contribution in [3.8, 4) is 0 Å². The van der Waals surface area contributed by atoms with Gasteiger partial charge in [0, 0.05) is 11.1 Å². The van der Waals surface area contributed by atoms with Crippen LogP contribution in [0, 0.1) is 13.8 Å². The number of aryl methyl sites for hydroxylation is 3. The van der Waals surface area contributed by atoms with Crippen molar-refractivity contribution in [2.75, 3.05) is 0 Å². The zero-order valence-corrected chi connectivity index (χ0v) is 13.5. The van der Waals surface area contributed by atoms with E-state index in [1.165, 1.54) is 16.7 Å². The van der Waals surface area contributed by atoms with Crippen LogP contribution < -0.4 is 11.3 Å². The molecule has 1 unspecified atom stereocenters. The molecule has 0 spiro atoms. The monoisotopic (exact) mass is 302 g/mol. The van der Waals surface area contributed by atoms with Crippen LogP contribution in [0.5, 0.6) is 0 Å². The predicted octanol–water partition coefficient (Wildman–Crippen LogP) is 3.96. The Hall–Kier alpha value is -1.35. The number of rotatable bonds is 6. The second kappa shape index (κ2) is 7.60. The van der Waals surface area contributed by atoms with Crippen LogP contribution in [0.1, 0.15) is 28.7 Å². The normalized spacial score (nSPS) is 12.4. The van der Waals surface area contributed by atoms with Gasteiger partial charge in [-0.15, -0.1) is 0 Å². The molecule has 0 saturated carbocycles. The summed E-state index contributed by atoms with van der Waals surface area (Å²) in [6.45, 7) is 4.17. The van der Waals surface area contributed by atoms with Crippen LogP contribution in [0.4, 0.5) is 0 Å². The van der Waals surface area contributed by atoms with E-state index in [0.717, 1.165) is 29.8 Å². The molecule has 2 rings (SSSR count). The lowest BCUT2D eigenvalue weighted by Crippen LogP contribution is -2.37. The van der Waals surface area contributed by atoms with Gasteiger partial charge in [-0.25, -0.2) is 0 Å². The highest BCUT2D eigenvalue weighted by Crippen LogP contribution is 2.20. The first-order valence-corrected chi connectivity index (χ1v) is 7.73. The number of hydrogen-bond acceptors (Lipinski definition) is 2. The number of nitrogens with two attached hydrogens (primary N) is 1. The lowest BCUT2D eigenvalue weighted by Gasteiger charge is -2.17. The van der Waals surface area contributed by atoms with E-state index in [1.807, 2.05) is 13.0 Å². The molecule has 0 saturated heterocycles. The Balaban J connectivity index is 1.97. The Morgan fingerprint density at radius 2 is 1.86 bits per heavy atom. The largest absolute Gasteiger partial charge is 0.271 e. The maximum Gasteiger partial charge on any atom is 0.0441 e. The molecule has 2 aromatic carbocycles. The lowest BCUT2D eigenvalue weighted by atomic mass is 9.98. The topological polar surface area (TPSA) is 38.0 Å². The van der Waals surface area contributed by atoms with Crippen molar-refractivity contribution in [2.24, 2.45) is 5.84 Å². The third-order valence-electron chi connectivity index (χ3n) is 3.77. The van der Waals surface area contributed by atoms with Gasteiger partial charge >= 0.3 is 0 Å². The molecule has 3 heteroatoms. The summed E-state index contributed by atoms with van der Waals surface area (Å²) in [4.78, 5) is 0. The minimum Gasteiger partial charge on any atom is -0.271 e. The molecule has 0 aliphatic heterocycles. The highest BCUT2D eigenvalue weighted by atomic mass is 35.5. The zero-order chi connectivity index (χ0) is 15.2. The molecule has 112 valence electrons. The summed E-state index contributed by atoms with van der Waals surface area (Å²) in [5.74, 6) is 5.70. The van der Waals surface area contributed by atoms with E-state index in [4.69, 9.17) is 17.4 Å². The minimum absolute atomic E-state index is 0.228. The van der Waals surface area contributed by atoms with E-state index >= 15 is 0 Å². The van der Waals surface area contributed by atoms with E-state index in [2.05, 4.69) is 48.7 Å². The van der Waals surface area contributed by atoms with Crippen molar-refractivity contribution in [3.05, 3.63) is 69.7 Å². The van der Waals surface area contributed by atoms with Gasteiger partial charge in [-0.1, -0.05) is 53.6 Å². The van der Waals surface area contributed by atoms with Crippen LogP contribution in [0.2, 0.25) is 5.02 Å². The highest BCUT2D eigenvalue weighted by Gasteiger charge is 2.10. The molecule has 0 amide bonds. The van der Waals surface area contributed by atoms with Crippen molar-refractivity contribution >= 4 is 11.6 Å². The molecule has 1 atom stereocenters. The number of nitrogens with one attached hydrogen (secondary N) is 1. The van der Waals surface area contributed by atoms with Crippen molar-refractivity contribution in [1.29, 1.82) is 0 Å². The fourth-order valence-corrected chi connectivity index (χ4v) is 2.85. The first-order valence-electron chi connectivity index (χ1n) is 7.35. The van der Waals surface area contributed by atoms with Crippen molar-refractivity contribution in [2.45, 2.75) is 39.2 Å². The highest BCUT2D eigenvalue weighted by molar-refractivity contribution is 6.31. The number of hydrazine groups is 1. The van der Waals surface area contributed by atoms with E-state index in [1.54, 1.807) is 0 Å². The van der Waals surface area contributed by atoms with Gasteiger partial charge in [-0.05, 0) is 55.9 Å².